The van der Waals surface area contributed by atoms with Gasteiger partial charge in [0.1, 0.15) is 0 Å². The normalized spacial score (nSPS) is 11.5. The second-order valence-corrected chi connectivity index (χ2v) is 6.20. The highest BCUT2D eigenvalue weighted by atomic mass is 16.2. The zero-order chi connectivity index (χ0) is 17.2. The molecular formula is C18H30N4O. The summed E-state index contributed by atoms with van der Waals surface area (Å²) in [5, 5.41) is 6.40. The maximum absolute atomic E-state index is 11.7. The molecule has 0 aliphatic rings. The minimum atomic E-state index is 0.0259. The van der Waals surface area contributed by atoms with Crippen molar-refractivity contribution in [2.24, 2.45) is 10.9 Å². The van der Waals surface area contributed by atoms with Gasteiger partial charge in [-0.25, -0.2) is 4.99 Å². The number of rotatable bonds is 7. The van der Waals surface area contributed by atoms with E-state index < -0.39 is 0 Å². The van der Waals surface area contributed by atoms with Gasteiger partial charge in [-0.1, -0.05) is 45.0 Å². The fourth-order valence-corrected chi connectivity index (χ4v) is 2.01. The first-order valence-corrected chi connectivity index (χ1v) is 8.23. The quantitative estimate of drug-likeness (QED) is 0.597. The number of amides is 1. The lowest BCUT2D eigenvalue weighted by molar-refractivity contribution is -0.127. The number of nitrogens with one attached hydrogen (secondary N) is 2. The summed E-state index contributed by atoms with van der Waals surface area (Å²) in [5.41, 5.74) is 2.53. The third-order valence-electron chi connectivity index (χ3n) is 3.49. The first-order chi connectivity index (χ1) is 10.9. The number of likely N-dealkylation sites (N-methyl/N-ethyl adjacent to an activating group) is 1. The summed E-state index contributed by atoms with van der Waals surface area (Å²) in [6, 6.07) is 8.33. The lowest BCUT2D eigenvalue weighted by atomic mass is 10.1. The Morgan fingerprint density at radius 1 is 1.17 bits per heavy atom. The molecule has 1 aromatic carbocycles. The number of aliphatic imine (C=N–C) groups is 1. The maximum Gasteiger partial charge on any atom is 0.241 e. The van der Waals surface area contributed by atoms with Crippen LogP contribution in [0.5, 0.6) is 0 Å². The molecule has 2 N–H and O–H groups in total. The maximum atomic E-state index is 11.7. The van der Waals surface area contributed by atoms with Crippen molar-refractivity contribution >= 4 is 11.9 Å². The number of guanidine groups is 1. The highest BCUT2D eigenvalue weighted by molar-refractivity contribution is 5.86. The summed E-state index contributed by atoms with van der Waals surface area (Å²) in [6.45, 7) is 8.09. The van der Waals surface area contributed by atoms with Gasteiger partial charge in [-0.3, -0.25) is 4.79 Å². The molecule has 0 unspecified atom stereocenters. The molecular weight excluding hydrogens is 288 g/mol. The number of nitrogens with zero attached hydrogens (tertiary/aromatic N) is 2. The average molecular weight is 318 g/mol. The third-order valence-corrected chi connectivity index (χ3v) is 3.49. The monoisotopic (exact) mass is 318 g/mol. The summed E-state index contributed by atoms with van der Waals surface area (Å²) in [5.74, 6) is 1.22. The molecule has 0 aliphatic heterocycles. The van der Waals surface area contributed by atoms with E-state index >= 15 is 0 Å². The van der Waals surface area contributed by atoms with Crippen LogP contribution in [0, 0.1) is 5.92 Å². The Morgan fingerprint density at radius 2 is 1.83 bits per heavy atom. The van der Waals surface area contributed by atoms with Crippen molar-refractivity contribution in [3.8, 4) is 0 Å². The first-order valence-electron chi connectivity index (χ1n) is 8.23. The Kier molecular flexibility index (Phi) is 8.16. The summed E-state index contributed by atoms with van der Waals surface area (Å²) in [6.07, 6.45) is 0.993. The van der Waals surface area contributed by atoms with Crippen LogP contribution in [-0.4, -0.2) is 44.0 Å². The number of hydrogen-bond donors (Lipinski definition) is 2. The van der Waals surface area contributed by atoms with E-state index in [0.717, 1.165) is 13.0 Å². The van der Waals surface area contributed by atoms with Gasteiger partial charge in [-0.2, -0.15) is 0 Å². The molecule has 0 aliphatic carbocycles. The van der Waals surface area contributed by atoms with Crippen molar-refractivity contribution in [1.82, 2.24) is 15.5 Å². The molecule has 0 saturated carbocycles. The molecule has 0 bridgehead atoms. The fourth-order valence-electron chi connectivity index (χ4n) is 2.01. The molecule has 1 aromatic rings. The van der Waals surface area contributed by atoms with E-state index in [1.54, 1.807) is 19.0 Å². The van der Waals surface area contributed by atoms with E-state index in [1.807, 2.05) is 6.07 Å². The predicted molar refractivity (Wildman–Crippen MR) is 96.5 cm³/mol. The van der Waals surface area contributed by atoms with Crippen LogP contribution < -0.4 is 10.6 Å². The van der Waals surface area contributed by atoms with Crippen LogP contribution in [0.25, 0.3) is 0 Å². The molecule has 0 aromatic heterocycles. The number of carbonyl (C=O) groups is 1. The van der Waals surface area contributed by atoms with Crippen molar-refractivity contribution in [2.75, 3.05) is 27.2 Å². The van der Waals surface area contributed by atoms with Crippen LogP contribution in [0.4, 0.5) is 0 Å². The van der Waals surface area contributed by atoms with Crippen LogP contribution in [0.15, 0.2) is 29.3 Å². The van der Waals surface area contributed by atoms with Crippen LogP contribution in [0.3, 0.4) is 0 Å². The minimum Gasteiger partial charge on any atom is -0.356 e. The van der Waals surface area contributed by atoms with Crippen molar-refractivity contribution in [1.29, 1.82) is 0 Å². The van der Waals surface area contributed by atoms with Gasteiger partial charge in [0.15, 0.2) is 5.96 Å². The Labute approximate surface area is 140 Å². The standard InChI is InChI=1S/C18H30N4O/c1-6-15-9-7-8-10-16(15)12-20-18(19-11-14(2)3)21-13-17(23)22(4)5/h7-10,14H,6,11-13H2,1-5H3,(H2,19,20,21). The number of hydrogen-bond acceptors (Lipinski definition) is 2. The Bertz CT molecular complexity index is 524. The molecule has 0 atom stereocenters. The van der Waals surface area contributed by atoms with Crippen molar-refractivity contribution in [3.05, 3.63) is 35.4 Å². The molecule has 0 radical (unpaired) electrons. The van der Waals surface area contributed by atoms with E-state index in [-0.39, 0.29) is 12.5 Å². The topological polar surface area (TPSA) is 56.7 Å². The molecule has 1 rings (SSSR count). The SMILES string of the molecule is CCc1ccccc1CN=C(NCC(=O)N(C)C)NCC(C)C. The van der Waals surface area contributed by atoms with Crippen molar-refractivity contribution < 1.29 is 4.79 Å². The smallest absolute Gasteiger partial charge is 0.241 e. The molecule has 5 heteroatoms. The molecule has 0 heterocycles. The van der Waals surface area contributed by atoms with E-state index in [0.29, 0.717) is 18.4 Å². The summed E-state index contributed by atoms with van der Waals surface area (Å²) in [7, 11) is 3.50. The Balaban J connectivity index is 2.75. The Hall–Kier alpha value is -2.04. The molecule has 23 heavy (non-hydrogen) atoms. The van der Waals surface area contributed by atoms with Gasteiger partial charge >= 0.3 is 0 Å². The number of aryl methyl sites for hydroxylation is 1. The molecule has 128 valence electrons. The van der Waals surface area contributed by atoms with Gasteiger partial charge in [0.25, 0.3) is 0 Å². The zero-order valence-electron chi connectivity index (χ0n) is 15.0. The highest BCUT2D eigenvalue weighted by Crippen LogP contribution is 2.10. The highest BCUT2D eigenvalue weighted by Gasteiger charge is 2.07. The Morgan fingerprint density at radius 3 is 2.39 bits per heavy atom. The van der Waals surface area contributed by atoms with Crippen LogP contribution in [0.1, 0.15) is 31.9 Å². The first kappa shape index (κ1) is 19.0. The largest absolute Gasteiger partial charge is 0.356 e. The molecule has 5 nitrogen and oxygen atoms in total. The molecule has 0 fully saturated rings. The number of benzene rings is 1. The van der Waals surface area contributed by atoms with Gasteiger partial charge in [-0.05, 0) is 23.5 Å². The van der Waals surface area contributed by atoms with Gasteiger partial charge in [0.2, 0.25) is 5.91 Å². The summed E-state index contributed by atoms with van der Waals surface area (Å²) < 4.78 is 0. The summed E-state index contributed by atoms with van der Waals surface area (Å²) in [4.78, 5) is 17.9. The van der Waals surface area contributed by atoms with Crippen molar-refractivity contribution in [3.63, 3.8) is 0 Å². The zero-order valence-corrected chi connectivity index (χ0v) is 15.0. The van der Waals surface area contributed by atoms with Crippen LogP contribution in [0.2, 0.25) is 0 Å². The average Bonchev–Trinajstić information content (AvgIpc) is 2.53. The molecule has 0 saturated heterocycles. The second-order valence-electron chi connectivity index (χ2n) is 6.20. The summed E-state index contributed by atoms with van der Waals surface area (Å²) >= 11 is 0. The van der Waals surface area contributed by atoms with Crippen LogP contribution >= 0.6 is 0 Å². The fraction of sp³-hybridized carbons (Fsp3) is 0.556. The molecule has 0 spiro atoms. The van der Waals surface area contributed by atoms with Gasteiger partial charge in [0, 0.05) is 20.6 Å². The van der Waals surface area contributed by atoms with E-state index in [4.69, 9.17) is 0 Å². The third kappa shape index (κ3) is 7.17. The lowest BCUT2D eigenvalue weighted by Crippen LogP contribution is -2.44. The van der Waals surface area contributed by atoms with E-state index in [2.05, 4.69) is 54.6 Å². The van der Waals surface area contributed by atoms with Gasteiger partial charge in [-0.15, -0.1) is 0 Å². The van der Waals surface area contributed by atoms with Crippen molar-refractivity contribution in [2.45, 2.75) is 33.7 Å². The lowest BCUT2D eigenvalue weighted by Gasteiger charge is -2.16. The molecule has 1 amide bonds. The van der Waals surface area contributed by atoms with Crippen LogP contribution in [-0.2, 0) is 17.8 Å². The number of carbonyl (C=O) groups excluding carboxylic acids is 1. The predicted octanol–water partition coefficient (Wildman–Crippen LogP) is 2.03. The van der Waals surface area contributed by atoms with E-state index in [9.17, 15) is 4.79 Å². The van der Waals surface area contributed by atoms with E-state index in [1.165, 1.54) is 11.1 Å². The minimum absolute atomic E-state index is 0.0259. The second kappa shape index (κ2) is 9.87. The van der Waals surface area contributed by atoms with Gasteiger partial charge in [0.05, 0.1) is 13.1 Å². The van der Waals surface area contributed by atoms with Gasteiger partial charge < -0.3 is 15.5 Å².